The van der Waals surface area contributed by atoms with E-state index < -0.39 is 0 Å². The summed E-state index contributed by atoms with van der Waals surface area (Å²) >= 11 is 0. The van der Waals surface area contributed by atoms with Gasteiger partial charge in [-0.25, -0.2) is 0 Å². The van der Waals surface area contributed by atoms with Crippen LogP contribution in [0.2, 0.25) is 0 Å². The monoisotopic (exact) mass is 278 g/mol. The van der Waals surface area contributed by atoms with Crippen LogP contribution in [0.3, 0.4) is 0 Å². The molecule has 1 aliphatic heterocycles. The fraction of sp³-hybridized carbons (Fsp3) is 0.625. The summed E-state index contributed by atoms with van der Waals surface area (Å²) in [5.41, 5.74) is 1.26. The first-order chi connectivity index (χ1) is 9.74. The lowest BCUT2D eigenvalue weighted by Gasteiger charge is -2.26. The number of morpholine rings is 1. The quantitative estimate of drug-likeness (QED) is 0.744. The van der Waals surface area contributed by atoms with Crippen LogP contribution in [-0.4, -0.2) is 55.4 Å². The Kier molecular flexibility index (Phi) is 6.30. The molecule has 0 amide bonds. The van der Waals surface area contributed by atoms with E-state index in [1.54, 1.807) is 12.1 Å². The van der Waals surface area contributed by atoms with Gasteiger partial charge in [-0.2, -0.15) is 0 Å². The number of hydrogen-bond donors (Lipinski definition) is 2. The molecule has 112 valence electrons. The Balaban J connectivity index is 1.57. The highest BCUT2D eigenvalue weighted by molar-refractivity contribution is 5.26. The molecule has 4 nitrogen and oxygen atoms in total. The van der Waals surface area contributed by atoms with E-state index >= 15 is 0 Å². The number of phenolic OH excluding ortho intramolecular Hbond substituents is 1. The summed E-state index contributed by atoms with van der Waals surface area (Å²) < 4.78 is 5.34. The van der Waals surface area contributed by atoms with E-state index in [9.17, 15) is 5.11 Å². The van der Waals surface area contributed by atoms with Gasteiger partial charge in [-0.3, -0.25) is 4.90 Å². The van der Waals surface area contributed by atoms with Gasteiger partial charge in [0.15, 0.2) is 0 Å². The molecule has 1 aliphatic rings. The zero-order valence-corrected chi connectivity index (χ0v) is 12.3. The van der Waals surface area contributed by atoms with E-state index in [4.69, 9.17) is 4.74 Å². The maximum Gasteiger partial charge on any atom is 0.115 e. The van der Waals surface area contributed by atoms with E-state index in [1.165, 1.54) is 12.0 Å². The summed E-state index contributed by atoms with van der Waals surface area (Å²) in [5, 5.41) is 12.8. The standard InChI is InChI=1S/C16H26N2O2/c1-14(13-15-3-5-16(19)6-4-15)17-7-2-8-18-9-11-20-12-10-18/h3-6,14,17,19H,2,7-13H2,1H3. The van der Waals surface area contributed by atoms with Gasteiger partial charge in [-0.05, 0) is 50.6 Å². The Morgan fingerprint density at radius 3 is 2.65 bits per heavy atom. The molecule has 1 aromatic carbocycles. The van der Waals surface area contributed by atoms with Gasteiger partial charge in [0.25, 0.3) is 0 Å². The number of phenols is 1. The van der Waals surface area contributed by atoms with Crippen molar-refractivity contribution in [3.05, 3.63) is 29.8 Å². The van der Waals surface area contributed by atoms with E-state index in [1.807, 2.05) is 12.1 Å². The van der Waals surface area contributed by atoms with Gasteiger partial charge in [0, 0.05) is 19.1 Å². The van der Waals surface area contributed by atoms with Gasteiger partial charge >= 0.3 is 0 Å². The van der Waals surface area contributed by atoms with Crippen LogP contribution < -0.4 is 5.32 Å². The van der Waals surface area contributed by atoms with Crippen molar-refractivity contribution in [1.82, 2.24) is 10.2 Å². The summed E-state index contributed by atoms with van der Waals surface area (Å²) in [7, 11) is 0. The first-order valence-electron chi connectivity index (χ1n) is 7.55. The predicted molar refractivity (Wildman–Crippen MR) is 81.2 cm³/mol. The van der Waals surface area contributed by atoms with Gasteiger partial charge in [-0.1, -0.05) is 12.1 Å². The van der Waals surface area contributed by atoms with Crippen LogP contribution >= 0.6 is 0 Å². The second-order valence-electron chi connectivity index (χ2n) is 5.53. The minimum absolute atomic E-state index is 0.333. The Morgan fingerprint density at radius 2 is 1.95 bits per heavy atom. The summed E-state index contributed by atoms with van der Waals surface area (Å²) in [6.45, 7) is 8.32. The summed E-state index contributed by atoms with van der Waals surface area (Å²) in [5.74, 6) is 0.333. The maximum absolute atomic E-state index is 9.26. The molecule has 0 bridgehead atoms. The molecule has 1 atom stereocenters. The molecule has 2 N–H and O–H groups in total. The predicted octanol–water partition coefficient (Wildman–Crippen LogP) is 1.64. The molecule has 0 saturated carbocycles. The largest absolute Gasteiger partial charge is 0.508 e. The Bertz CT molecular complexity index is 375. The molecule has 1 heterocycles. The van der Waals surface area contributed by atoms with Crippen molar-refractivity contribution in [2.75, 3.05) is 39.4 Å². The number of aromatic hydroxyl groups is 1. The van der Waals surface area contributed by atoms with E-state index in [0.717, 1.165) is 45.8 Å². The average Bonchev–Trinajstić information content (AvgIpc) is 2.47. The summed E-state index contributed by atoms with van der Waals surface area (Å²) in [6.07, 6.45) is 2.18. The van der Waals surface area contributed by atoms with E-state index in [2.05, 4.69) is 17.1 Å². The smallest absolute Gasteiger partial charge is 0.115 e. The van der Waals surface area contributed by atoms with Crippen LogP contribution in [-0.2, 0) is 11.2 Å². The topological polar surface area (TPSA) is 44.7 Å². The Labute approximate surface area is 121 Å². The highest BCUT2D eigenvalue weighted by Crippen LogP contribution is 2.11. The van der Waals surface area contributed by atoms with Gasteiger partial charge < -0.3 is 15.2 Å². The number of ether oxygens (including phenoxy) is 1. The molecule has 0 spiro atoms. The van der Waals surface area contributed by atoms with Crippen LogP contribution in [0, 0.1) is 0 Å². The molecule has 20 heavy (non-hydrogen) atoms. The number of nitrogens with zero attached hydrogens (tertiary/aromatic N) is 1. The van der Waals surface area contributed by atoms with Crippen LogP contribution in [0.25, 0.3) is 0 Å². The molecule has 0 radical (unpaired) electrons. The van der Waals surface area contributed by atoms with Gasteiger partial charge in [0.1, 0.15) is 5.75 Å². The first kappa shape index (κ1) is 15.3. The summed E-state index contributed by atoms with van der Waals surface area (Å²) in [4.78, 5) is 2.47. The molecular formula is C16H26N2O2. The van der Waals surface area contributed by atoms with Crippen molar-refractivity contribution < 1.29 is 9.84 Å². The third kappa shape index (κ3) is 5.49. The second kappa shape index (κ2) is 8.25. The van der Waals surface area contributed by atoms with E-state index in [0.29, 0.717) is 11.8 Å². The molecule has 1 unspecified atom stereocenters. The van der Waals surface area contributed by atoms with Crippen LogP contribution in [0.15, 0.2) is 24.3 Å². The van der Waals surface area contributed by atoms with Gasteiger partial charge in [0.05, 0.1) is 13.2 Å². The van der Waals surface area contributed by atoms with Crippen molar-refractivity contribution in [2.24, 2.45) is 0 Å². The lowest BCUT2D eigenvalue weighted by Crippen LogP contribution is -2.38. The summed E-state index contributed by atoms with van der Waals surface area (Å²) in [6, 6.07) is 7.94. The van der Waals surface area contributed by atoms with Crippen molar-refractivity contribution >= 4 is 0 Å². The number of benzene rings is 1. The fourth-order valence-electron chi connectivity index (χ4n) is 2.53. The van der Waals surface area contributed by atoms with E-state index in [-0.39, 0.29) is 0 Å². The minimum Gasteiger partial charge on any atom is -0.508 e. The maximum atomic E-state index is 9.26. The van der Waals surface area contributed by atoms with Gasteiger partial charge in [0.2, 0.25) is 0 Å². The van der Waals surface area contributed by atoms with Gasteiger partial charge in [-0.15, -0.1) is 0 Å². The zero-order valence-electron chi connectivity index (χ0n) is 12.3. The Hall–Kier alpha value is -1.10. The second-order valence-corrected chi connectivity index (χ2v) is 5.53. The number of rotatable bonds is 7. The van der Waals surface area contributed by atoms with Crippen molar-refractivity contribution in [1.29, 1.82) is 0 Å². The van der Waals surface area contributed by atoms with Crippen molar-refractivity contribution in [3.8, 4) is 5.75 Å². The molecule has 1 aromatic rings. The highest BCUT2D eigenvalue weighted by atomic mass is 16.5. The highest BCUT2D eigenvalue weighted by Gasteiger charge is 2.09. The zero-order chi connectivity index (χ0) is 14.2. The molecule has 0 aromatic heterocycles. The molecule has 1 fully saturated rings. The van der Waals surface area contributed by atoms with Crippen LogP contribution in [0.1, 0.15) is 18.9 Å². The van der Waals surface area contributed by atoms with Crippen LogP contribution in [0.5, 0.6) is 5.75 Å². The Morgan fingerprint density at radius 1 is 1.25 bits per heavy atom. The third-order valence-corrected chi connectivity index (χ3v) is 3.73. The van der Waals surface area contributed by atoms with Crippen molar-refractivity contribution in [2.45, 2.75) is 25.8 Å². The SMILES string of the molecule is CC(Cc1ccc(O)cc1)NCCCN1CCOCC1. The third-order valence-electron chi connectivity index (χ3n) is 3.73. The van der Waals surface area contributed by atoms with Crippen molar-refractivity contribution in [3.63, 3.8) is 0 Å². The van der Waals surface area contributed by atoms with Crippen LogP contribution in [0.4, 0.5) is 0 Å². The number of nitrogens with one attached hydrogen (secondary N) is 1. The molecule has 4 heteroatoms. The lowest BCUT2D eigenvalue weighted by molar-refractivity contribution is 0.0374. The molecule has 0 aliphatic carbocycles. The minimum atomic E-state index is 0.333. The average molecular weight is 278 g/mol. The molecule has 1 saturated heterocycles. The molecule has 2 rings (SSSR count). The lowest BCUT2D eigenvalue weighted by atomic mass is 10.1. The number of hydrogen-bond acceptors (Lipinski definition) is 4. The first-order valence-corrected chi connectivity index (χ1v) is 7.55. The fourth-order valence-corrected chi connectivity index (χ4v) is 2.53. The normalized spacial score (nSPS) is 18.1. The molecular weight excluding hydrogens is 252 g/mol.